The van der Waals surface area contributed by atoms with Crippen LogP contribution in [0.15, 0.2) is 36.0 Å². The summed E-state index contributed by atoms with van der Waals surface area (Å²) in [5.74, 6) is 0.238. The van der Waals surface area contributed by atoms with Gasteiger partial charge in [0, 0.05) is 23.9 Å². The number of hydrogen-bond donors (Lipinski definition) is 2. The zero-order chi connectivity index (χ0) is 12.1. The molecule has 6 heteroatoms. The van der Waals surface area contributed by atoms with Crippen LogP contribution >= 0.6 is 0 Å². The fraction of sp³-hybridized carbons (Fsp3) is 0.100. The lowest BCUT2D eigenvalue weighted by Crippen LogP contribution is -2.06. The van der Waals surface area contributed by atoms with Crippen molar-refractivity contribution in [3.63, 3.8) is 0 Å². The molecule has 0 unspecified atom stereocenters. The molecule has 84 valence electrons. The van der Waals surface area contributed by atoms with Crippen LogP contribution < -0.4 is 10.5 Å². The first-order valence-electron chi connectivity index (χ1n) is 4.43. The van der Waals surface area contributed by atoms with Gasteiger partial charge in [-0.05, 0) is 19.1 Å². The molecule has 0 aliphatic heterocycles. The van der Waals surface area contributed by atoms with E-state index in [-0.39, 0.29) is 11.6 Å². The normalized spacial score (nSPS) is 10.9. The quantitative estimate of drug-likeness (QED) is 0.351. The van der Waals surface area contributed by atoms with Crippen molar-refractivity contribution in [3.05, 3.63) is 46.2 Å². The van der Waals surface area contributed by atoms with Crippen LogP contribution in [0.5, 0.6) is 5.75 Å². The number of allylic oxidation sites excluding steroid dienone is 1. The van der Waals surface area contributed by atoms with Crippen molar-refractivity contribution < 1.29 is 9.66 Å². The molecule has 0 fully saturated rings. The van der Waals surface area contributed by atoms with E-state index in [4.69, 9.17) is 15.9 Å². The van der Waals surface area contributed by atoms with Crippen LogP contribution in [0.2, 0.25) is 0 Å². The van der Waals surface area contributed by atoms with Crippen molar-refractivity contribution in [1.29, 1.82) is 5.41 Å². The van der Waals surface area contributed by atoms with Gasteiger partial charge in [0.15, 0.2) is 0 Å². The van der Waals surface area contributed by atoms with Crippen molar-refractivity contribution in [3.8, 4) is 5.75 Å². The monoisotopic (exact) mass is 221 g/mol. The highest BCUT2D eigenvalue weighted by Crippen LogP contribution is 2.17. The van der Waals surface area contributed by atoms with Gasteiger partial charge in [-0.1, -0.05) is 0 Å². The maximum atomic E-state index is 10.4. The second-order valence-corrected chi connectivity index (χ2v) is 3.11. The van der Waals surface area contributed by atoms with E-state index in [1.54, 1.807) is 6.92 Å². The Hall–Kier alpha value is -2.37. The molecule has 0 amide bonds. The zero-order valence-electron chi connectivity index (χ0n) is 8.64. The summed E-state index contributed by atoms with van der Waals surface area (Å²) in [7, 11) is 0. The highest BCUT2D eigenvalue weighted by Gasteiger charge is 2.05. The van der Waals surface area contributed by atoms with Crippen molar-refractivity contribution in [2.24, 2.45) is 5.73 Å². The largest absolute Gasteiger partial charge is 0.440 e. The van der Waals surface area contributed by atoms with Gasteiger partial charge in [0.2, 0.25) is 5.90 Å². The predicted octanol–water partition coefficient (Wildman–Crippen LogP) is 1.81. The fourth-order valence-corrected chi connectivity index (χ4v) is 0.999. The van der Waals surface area contributed by atoms with Gasteiger partial charge in [-0.25, -0.2) is 0 Å². The van der Waals surface area contributed by atoms with Crippen LogP contribution in [0.4, 0.5) is 5.69 Å². The summed E-state index contributed by atoms with van der Waals surface area (Å²) in [6, 6.07) is 5.46. The second kappa shape index (κ2) is 4.92. The van der Waals surface area contributed by atoms with Crippen molar-refractivity contribution in [2.45, 2.75) is 6.92 Å². The van der Waals surface area contributed by atoms with E-state index in [0.29, 0.717) is 11.4 Å². The molecule has 16 heavy (non-hydrogen) atoms. The number of nitro groups is 1. The van der Waals surface area contributed by atoms with E-state index in [9.17, 15) is 10.1 Å². The molecule has 1 aromatic rings. The third-order valence-electron chi connectivity index (χ3n) is 1.63. The van der Waals surface area contributed by atoms with Gasteiger partial charge in [-0.15, -0.1) is 0 Å². The number of rotatable bonds is 3. The van der Waals surface area contributed by atoms with Crippen LogP contribution in [0, 0.1) is 15.5 Å². The number of nitro benzene ring substituents is 1. The van der Waals surface area contributed by atoms with Gasteiger partial charge in [0.05, 0.1) is 4.92 Å². The molecule has 6 nitrogen and oxygen atoms in total. The molecule has 0 aliphatic carbocycles. The van der Waals surface area contributed by atoms with Gasteiger partial charge >= 0.3 is 0 Å². The number of benzene rings is 1. The van der Waals surface area contributed by atoms with Crippen LogP contribution in [0.3, 0.4) is 0 Å². The first-order chi connectivity index (χ1) is 7.49. The molecule has 0 spiro atoms. The molecule has 0 aliphatic rings. The van der Waals surface area contributed by atoms with E-state index >= 15 is 0 Å². The topological polar surface area (TPSA) is 102 Å². The summed E-state index contributed by atoms with van der Waals surface area (Å²) in [5, 5.41) is 17.8. The summed E-state index contributed by atoms with van der Waals surface area (Å²) in [4.78, 5) is 9.88. The standard InChI is InChI=1S/C10H11N3O3/c1-7(11)6-10(12)16-9-4-2-8(3-5-9)13(14)15/h2-6,12H,11H2,1H3/b7-6-,12-10?. The summed E-state index contributed by atoms with van der Waals surface area (Å²) < 4.78 is 5.06. The Kier molecular flexibility index (Phi) is 3.60. The molecule has 0 atom stereocenters. The maximum absolute atomic E-state index is 10.4. The highest BCUT2D eigenvalue weighted by atomic mass is 16.6. The van der Waals surface area contributed by atoms with Gasteiger partial charge in [-0.3, -0.25) is 15.5 Å². The lowest BCUT2D eigenvalue weighted by atomic mass is 10.3. The third kappa shape index (κ3) is 3.41. The van der Waals surface area contributed by atoms with Crippen LogP contribution in [0.25, 0.3) is 0 Å². The van der Waals surface area contributed by atoms with Gasteiger partial charge in [0.25, 0.3) is 5.69 Å². The highest BCUT2D eigenvalue weighted by molar-refractivity contribution is 5.87. The summed E-state index contributed by atoms with van der Waals surface area (Å²) >= 11 is 0. The smallest absolute Gasteiger partial charge is 0.269 e. The van der Waals surface area contributed by atoms with Crippen molar-refractivity contribution in [2.75, 3.05) is 0 Å². The molecule has 0 saturated heterocycles. The Morgan fingerprint density at radius 1 is 1.50 bits per heavy atom. The van der Waals surface area contributed by atoms with Crippen molar-refractivity contribution >= 4 is 11.6 Å². The van der Waals surface area contributed by atoms with Gasteiger partial charge < -0.3 is 10.5 Å². The van der Waals surface area contributed by atoms with Gasteiger partial charge in [-0.2, -0.15) is 0 Å². The van der Waals surface area contributed by atoms with Crippen LogP contribution in [-0.2, 0) is 0 Å². The van der Waals surface area contributed by atoms with E-state index in [1.807, 2.05) is 0 Å². The summed E-state index contributed by atoms with van der Waals surface area (Å²) in [6.45, 7) is 1.63. The lowest BCUT2D eigenvalue weighted by molar-refractivity contribution is -0.384. The lowest BCUT2D eigenvalue weighted by Gasteiger charge is -2.03. The minimum atomic E-state index is -0.501. The fourth-order valence-electron chi connectivity index (χ4n) is 0.999. The molecule has 1 aromatic carbocycles. The van der Waals surface area contributed by atoms with E-state index in [2.05, 4.69) is 0 Å². The van der Waals surface area contributed by atoms with Crippen molar-refractivity contribution in [1.82, 2.24) is 0 Å². The summed E-state index contributed by atoms with van der Waals surface area (Å²) in [6.07, 6.45) is 1.35. The minimum Gasteiger partial charge on any atom is -0.440 e. The zero-order valence-corrected chi connectivity index (χ0v) is 8.64. The average molecular weight is 221 g/mol. The molecule has 0 radical (unpaired) electrons. The minimum absolute atomic E-state index is 0.0237. The van der Waals surface area contributed by atoms with Crippen LogP contribution in [-0.4, -0.2) is 10.8 Å². The summed E-state index contributed by atoms with van der Waals surface area (Å²) in [5.41, 5.74) is 5.79. The molecule has 0 bridgehead atoms. The van der Waals surface area contributed by atoms with E-state index in [1.165, 1.54) is 30.3 Å². The number of nitrogens with two attached hydrogens (primary N) is 1. The van der Waals surface area contributed by atoms with Crippen LogP contribution in [0.1, 0.15) is 6.92 Å². The Bertz CT molecular complexity index is 433. The number of non-ortho nitro benzene ring substituents is 1. The second-order valence-electron chi connectivity index (χ2n) is 3.11. The third-order valence-corrected chi connectivity index (χ3v) is 1.63. The Labute approximate surface area is 92.0 Å². The Morgan fingerprint density at radius 2 is 2.06 bits per heavy atom. The molecular formula is C10H11N3O3. The Balaban J connectivity index is 2.73. The molecule has 0 heterocycles. The number of ether oxygens (including phenoxy) is 1. The van der Waals surface area contributed by atoms with E-state index in [0.717, 1.165) is 0 Å². The number of nitrogens with one attached hydrogen (secondary N) is 1. The average Bonchev–Trinajstić information content (AvgIpc) is 2.16. The first kappa shape index (κ1) is 11.7. The first-order valence-corrected chi connectivity index (χ1v) is 4.43. The predicted molar refractivity (Wildman–Crippen MR) is 59.4 cm³/mol. The molecule has 0 saturated carbocycles. The van der Waals surface area contributed by atoms with E-state index < -0.39 is 4.92 Å². The number of nitrogens with zero attached hydrogens (tertiary/aromatic N) is 1. The molecule has 1 rings (SSSR count). The molecule has 0 aromatic heterocycles. The molecule has 3 N–H and O–H groups in total. The van der Waals surface area contributed by atoms with Gasteiger partial charge in [0.1, 0.15) is 5.75 Å². The Morgan fingerprint density at radius 3 is 2.50 bits per heavy atom. The molecular weight excluding hydrogens is 210 g/mol. The SMILES string of the molecule is C/C(N)=C/C(=N)Oc1ccc([N+](=O)[O-])cc1. The number of hydrogen-bond acceptors (Lipinski definition) is 5. The maximum Gasteiger partial charge on any atom is 0.269 e.